The first-order valence-electron chi connectivity index (χ1n) is 4.98. The molecule has 0 amide bonds. The Kier molecular flexibility index (Phi) is 3.38. The lowest BCUT2D eigenvalue weighted by atomic mass is 10.1. The summed E-state index contributed by atoms with van der Waals surface area (Å²) in [4.78, 5) is 0. The minimum atomic E-state index is 0.663. The number of hydrogen-bond donors (Lipinski definition) is 1. The van der Waals surface area contributed by atoms with E-state index in [9.17, 15) is 0 Å². The van der Waals surface area contributed by atoms with Crippen molar-refractivity contribution in [1.29, 1.82) is 0 Å². The first-order chi connectivity index (χ1) is 5.22. The SMILES string of the molecule is CC[C@@H]1CCC(NC(C)C)C1. The fraction of sp³-hybridized carbons (Fsp3) is 1.00. The molecule has 0 spiro atoms. The molecule has 0 heterocycles. The Morgan fingerprint density at radius 2 is 2.09 bits per heavy atom. The highest BCUT2D eigenvalue weighted by molar-refractivity contribution is 4.80. The summed E-state index contributed by atoms with van der Waals surface area (Å²) in [5.41, 5.74) is 0. The van der Waals surface area contributed by atoms with Crippen LogP contribution in [0.15, 0.2) is 0 Å². The Bertz CT molecular complexity index is 109. The topological polar surface area (TPSA) is 12.0 Å². The zero-order valence-corrected chi connectivity index (χ0v) is 8.06. The lowest BCUT2D eigenvalue weighted by molar-refractivity contribution is 0.445. The zero-order chi connectivity index (χ0) is 8.27. The van der Waals surface area contributed by atoms with Crippen molar-refractivity contribution in [2.45, 2.75) is 58.5 Å². The highest BCUT2D eigenvalue weighted by Gasteiger charge is 2.22. The number of hydrogen-bond acceptors (Lipinski definition) is 1. The smallest absolute Gasteiger partial charge is 0.00721 e. The van der Waals surface area contributed by atoms with Gasteiger partial charge in [-0.15, -0.1) is 0 Å². The molecule has 0 saturated heterocycles. The standard InChI is InChI=1S/C10H21N/c1-4-9-5-6-10(7-9)11-8(2)3/h8-11H,4-7H2,1-3H3/t9-,10?/m1/s1. The molecule has 1 nitrogen and oxygen atoms in total. The molecule has 0 aromatic carbocycles. The summed E-state index contributed by atoms with van der Waals surface area (Å²) in [6, 6.07) is 1.48. The van der Waals surface area contributed by atoms with Gasteiger partial charge >= 0.3 is 0 Å². The van der Waals surface area contributed by atoms with Gasteiger partial charge in [-0.1, -0.05) is 27.2 Å². The molecule has 1 N–H and O–H groups in total. The third kappa shape index (κ3) is 2.82. The summed E-state index contributed by atoms with van der Waals surface area (Å²) in [6.45, 7) is 6.78. The van der Waals surface area contributed by atoms with Crippen LogP contribution in [0.3, 0.4) is 0 Å². The average molecular weight is 155 g/mol. The lowest BCUT2D eigenvalue weighted by Crippen LogP contribution is -2.32. The molecule has 1 unspecified atom stereocenters. The fourth-order valence-corrected chi connectivity index (χ4v) is 2.07. The first kappa shape index (κ1) is 9.05. The molecule has 0 aromatic rings. The zero-order valence-electron chi connectivity index (χ0n) is 8.06. The third-order valence-corrected chi connectivity index (χ3v) is 2.69. The van der Waals surface area contributed by atoms with Crippen LogP contribution in [0.4, 0.5) is 0 Å². The molecule has 0 aliphatic heterocycles. The van der Waals surface area contributed by atoms with Gasteiger partial charge in [0, 0.05) is 12.1 Å². The first-order valence-corrected chi connectivity index (χ1v) is 4.98. The van der Waals surface area contributed by atoms with Crippen LogP contribution in [0.1, 0.15) is 46.5 Å². The van der Waals surface area contributed by atoms with E-state index >= 15 is 0 Å². The maximum Gasteiger partial charge on any atom is 0.00721 e. The van der Waals surface area contributed by atoms with Crippen LogP contribution in [0.25, 0.3) is 0 Å². The van der Waals surface area contributed by atoms with Gasteiger partial charge in [0.1, 0.15) is 0 Å². The van der Waals surface area contributed by atoms with Gasteiger partial charge in [0.2, 0.25) is 0 Å². The van der Waals surface area contributed by atoms with E-state index < -0.39 is 0 Å². The summed E-state index contributed by atoms with van der Waals surface area (Å²) in [5.74, 6) is 1.01. The molecule has 1 saturated carbocycles. The van der Waals surface area contributed by atoms with Crippen LogP contribution < -0.4 is 5.32 Å². The summed E-state index contributed by atoms with van der Waals surface area (Å²) in [7, 11) is 0. The van der Waals surface area contributed by atoms with Crippen molar-refractivity contribution in [2.24, 2.45) is 5.92 Å². The fourth-order valence-electron chi connectivity index (χ4n) is 2.07. The van der Waals surface area contributed by atoms with Gasteiger partial charge in [-0.2, -0.15) is 0 Å². The highest BCUT2D eigenvalue weighted by Crippen LogP contribution is 2.27. The normalized spacial score (nSPS) is 31.6. The van der Waals surface area contributed by atoms with Crippen molar-refractivity contribution in [3.05, 3.63) is 0 Å². The van der Waals surface area contributed by atoms with Gasteiger partial charge in [-0.3, -0.25) is 0 Å². The minimum absolute atomic E-state index is 0.663. The molecule has 11 heavy (non-hydrogen) atoms. The second-order valence-corrected chi connectivity index (χ2v) is 4.11. The van der Waals surface area contributed by atoms with Gasteiger partial charge in [0.25, 0.3) is 0 Å². The molecule has 0 bridgehead atoms. The van der Waals surface area contributed by atoms with Crippen LogP contribution >= 0.6 is 0 Å². The molecule has 66 valence electrons. The van der Waals surface area contributed by atoms with E-state index in [1.165, 1.54) is 25.7 Å². The van der Waals surface area contributed by atoms with E-state index in [2.05, 4.69) is 26.1 Å². The molecule has 2 atom stereocenters. The molecular formula is C10H21N. The van der Waals surface area contributed by atoms with E-state index in [1.807, 2.05) is 0 Å². The van der Waals surface area contributed by atoms with Crippen LogP contribution in [-0.4, -0.2) is 12.1 Å². The van der Waals surface area contributed by atoms with Crippen molar-refractivity contribution >= 4 is 0 Å². The summed E-state index contributed by atoms with van der Waals surface area (Å²) in [5, 5.41) is 3.61. The van der Waals surface area contributed by atoms with E-state index in [4.69, 9.17) is 0 Å². The van der Waals surface area contributed by atoms with Crippen molar-refractivity contribution < 1.29 is 0 Å². The second kappa shape index (κ2) is 4.10. The number of nitrogens with one attached hydrogen (secondary N) is 1. The van der Waals surface area contributed by atoms with Crippen molar-refractivity contribution in [1.82, 2.24) is 5.32 Å². The van der Waals surface area contributed by atoms with Gasteiger partial charge in [-0.25, -0.2) is 0 Å². The Labute approximate surface area is 70.6 Å². The maximum atomic E-state index is 3.61. The quantitative estimate of drug-likeness (QED) is 0.660. The maximum absolute atomic E-state index is 3.61. The van der Waals surface area contributed by atoms with Gasteiger partial charge in [0.05, 0.1) is 0 Å². The van der Waals surface area contributed by atoms with Crippen LogP contribution in [-0.2, 0) is 0 Å². The Morgan fingerprint density at radius 3 is 2.55 bits per heavy atom. The van der Waals surface area contributed by atoms with E-state index in [1.54, 1.807) is 0 Å². The van der Waals surface area contributed by atoms with Crippen molar-refractivity contribution in [3.8, 4) is 0 Å². The van der Waals surface area contributed by atoms with Gasteiger partial charge in [0.15, 0.2) is 0 Å². The van der Waals surface area contributed by atoms with Gasteiger partial charge in [-0.05, 0) is 25.2 Å². The summed E-state index contributed by atoms with van der Waals surface area (Å²) in [6.07, 6.45) is 5.63. The van der Waals surface area contributed by atoms with E-state index in [0.29, 0.717) is 6.04 Å². The highest BCUT2D eigenvalue weighted by atomic mass is 14.9. The van der Waals surface area contributed by atoms with Crippen molar-refractivity contribution in [2.75, 3.05) is 0 Å². The third-order valence-electron chi connectivity index (χ3n) is 2.69. The van der Waals surface area contributed by atoms with Crippen LogP contribution in [0, 0.1) is 5.92 Å². The molecule has 1 aliphatic rings. The Hall–Kier alpha value is -0.0400. The van der Waals surface area contributed by atoms with Gasteiger partial charge < -0.3 is 5.32 Å². The average Bonchev–Trinajstić information content (AvgIpc) is 2.34. The van der Waals surface area contributed by atoms with E-state index in [0.717, 1.165) is 12.0 Å². The summed E-state index contributed by atoms with van der Waals surface area (Å²) < 4.78 is 0. The predicted molar refractivity (Wildman–Crippen MR) is 49.7 cm³/mol. The molecule has 0 radical (unpaired) electrons. The second-order valence-electron chi connectivity index (χ2n) is 4.11. The molecule has 0 aromatic heterocycles. The molecular weight excluding hydrogens is 134 g/mol. The number of rotatable bonds is 3. The molecule has 1 rings (SSSR count). The molecule has 1 aliphatic carbocycles. The Morgan fingerprint density at radius 1 is 1.36 bits per heavy atom. The van der Waals surface area contributed by atoms with E-state index in [-0.39, 0.29) is 0 Å². The predicted octanol–water partition coefficient (Wildman–Crippen LogP) is 2.56. The molecule has 1 heteroatoms. The lowest BCUT2D eigenvalue weighted by Gasteiger charge is -2.15. The summed E-state index contributed by atoms with van der Waals surface area (Å²) >= 11 is 0. The monoisotopic (exact) mass is 155 g/mol. The van der Waals surface area contributed by atoms with Crippen molar-refractivity contribution in [3.63, 3.8) is 0 Å². The largest absolute Gasteiger partial charge is 0.312 e. The van der Waals surface area contributed by atoms with Crippen LogP contribution in [0.5, 0.6) is 0 Å². The Balaban J connectivity index is 2.19. The minimum Gasteiger partial charge on any atom is -0.312 e. The van der Waals surface area contributed by atoms with Crippen LogP contribution in [0.2, 0.25) is 0 Å². The molecule has 1 fully saturated rings.